The Hall–Kier alpha value is -4.81. The fourth-order valence-corrected chi connectivity index (χ4v) is 4.73. The number of hydrogen-bond donors (Lipinski definition) is 3. The highest BCUT2D eigenvalue weighted by atomic mass is 19.4. The SMILES string of the molecule is CCCNc1cc(F)c(C(=O)NC(Cc2ccc(-c3c(C(F)(F)F)cc(C)n(C)c3=O)c3ncccc23)C(=O)O)c(F)c1. The maximum absolute atomic E-state index is 14.7. The summed E-state index contributed by atoms with van der Waals surface area (Å²) in [4.78, 5) is 42.2. The van der Waals surface area contributed by atoms with E-state index in [-0.39, 0.29) is 33.4 Å². The first-order valence-electron chi connectivity index (χ1n) is 13.2. The van der Waals surface area contributed by atoms with E-state index in [4.69, 9.17) is 0 Å². The van der Waals surface area contributed by atoms with Crippen molar-refractivity contribution in [2.75, 3.05) is 11.9 Å². The molecule has 4 aromatic rings. The number of carboxylic acids is 1. The Kier molecular flexibility index (Phi) is 8.83. The number of pyridine rings is 2. The number of hydrogen-bond acceptors (Lipinski definition) is 5. The Morgan fingerprint density at radius 3 is 2.37 bits per heavy atom. The van der Waals surface area contributed by atoms with Crippen molar-refractivity contribution in [2.24, 2.45) is 7.05 Å². The van der Waals surface area contributed by atoms with Gasteiger partial charge in [0.1, 0.15) is 23.2 Å². The molecule has 2 heterocycles. The van der Waals surface area contributed by atoms with Crippen molar-refractivity contribution in [3.8, 4) is 11.1 Å². The Balaban J connectivity index is 1.74. The van der Waals surface area contributed by atoms with Crippen molar-refractivity contribution < 1.29 is 36.6 Å². The average molecular weight is 603 g/mol. The molecule has 13 heteroatoms. The Bertz CT molecular complexity index is 1760. The molecular weight excluding hydrogens is 575 g/mol. The lowest BCUT2D eigenvalue weighted by Gasteiger charge is -2.19. The summed E-state index contributed by atoms with van der Waals surface area (Å²) in [6.45, 7) is 3.66. The van der Waals surface area contributed by atoms with Crippen molar-refractivity contribution in [1.29, 1.82) is 0 Å². The highest BCUT2D eigenvalue weighted by molar-refractivity contribution is 5.99. The predicted molar refractivity (Wildman–Crippen MR) is 150 cm³/mol. The monoisotopic (exact) mass is 602 g/mol. The van der Waals surface area contributed by atoms with Gasteiger partial charge in [-0.25, -0.2) is 13.6 Å². The van der Waals surface area contributed by atoms with E-state index in [2.05, 4.69) is 15.6 Å². The molecule has 1 amide bonds. The standard InChI is InChI=1S/C30H27F5N4O4/c1-4-9-36-17-13-21(31)25(22(32)14-17)27(40)38-23(29(42)43)12-16-7-8-19(26-18(16)6-5-10-37-26)24-20(30(33,34)35)11-15(2)39(3)28(24)41/h5-8,10-11,13-14,23,36H,4,9,12H2,1-3H3,(H,38,40)(H,42,43). The molecule has 0 aliphatic rings. The fraction of sp³-hybridized carbons (Fsp3) is 0.267. The third-order valence-electron chi connectivity index (χ3n) is 6.98. The van der Waals surface area contributed by atoms with Crippen molar-refractivity contribution in [1.82, 2.24) is 14.9 Å². The molecule has 1 unspecified atom stereocenters. The molecule has 0 spiro atoms. The number of carbonyl (C=O) groups is 2. The lowest BCUT2D eigenvalue weighted by atomic mass is 9.93. The van der Waals surface area contributed by atoms with E-state index in [1.807, 2.05) is 6.92 Å². The Morgan fingerprint density at radius 2 is 1.77 bits per heavy atom. The summed E-state index contributed by atoms with van der Waals surface area (Å²) in [7, 11) is 1.34. The van der Waals surface area contributed by atoms with E-state index in [0.29, 0.717) is 13.0 Å². The summed E-state index contributed by atoms with van der Waals surface area (Å²) in [5, 5.41) is 15.0. The van der Waals surface area contributed by atoms with Gasteiger partial charge in [-0.15, -0.1) is 0 Å². The molecular formula is C30H27F5N4O4. The van der Waals surface area contributed by atoms with Crippen LogP contribution < -0.4 is 16.2 Å². The molecule has 0 radical (unpaired) electrons. The van der Waals surface area contributed by atoms with Gasteiger partial charge in [0.05, 0.1) is 16.6 Å². The third-order valence-corrected chi connectivity index (χ3v) is 6.98. The Labute approximate surface area is 242 Å². The van der Waals surface area contributed by atoms with Crippen LogP contribution in [0, 0.1) is 18.6 Å². The van der Waals surface area contributed by atoms with Crippen LogP contribution in [0.3, 0.4) is 0 Å². The largest absolute Gasteiger partial charge is 0.480 e. The molecule has 0 saturated carbocycles. The molecule has 43 heavy (non-hydrogen) atoms. The zero-order chi connectivity index (χ0) is 31.6. The lowest BCUT2D eigenvalue weighted by Crippen LogP contribution is -2.43. The molecule has 0 bridgehead atoms. The number of carboxylic acid groups (broad SMARTS) is 1. The van der Waals surface area contributed by atoms with Crippen LogP contribution in [0.4, 0.5) is 27.6 Å². The molecule has 2 aromatic carbocycles. The number of alkyl halides is 3. The molecule has 0 fully saturated rings. The van der Waals surface area contributed by atoms with Gasteiger partial charge in [-0.1, -0.05) is 25.1 Å². The summed E-state index contributed by atoms with van der Waals surface area (Å²) in [5.74, 6) is -5.22. The topological polar surface area (TPSA) is 113 Å². The zero-order valence-electron chi connectivity index (χ0n) is 23.3. The molecule has 226 valence electrons. The van der Waals surface area contributed by atoms with Crippen LogP contribution in [-0.2, 0) is 24.4 Å². The normalized spacial score (nSPS) is 12.3. The van der Waals surface area contributed by atoms with Crippen LogP contribution in [0.1, 0.15) is 40.5 Å². The minimum atomic E-state index is -4.86. The molecule has 0 saturated heterocycles. The van der Waals surface area contributed by atoms with Crippen molar-refractivity contribution in [3.05, 3.63) is 93.0 Å². The first kappa shape index (κ1) is 31.1. The molecule has 0 aliphatic carbocycles. The van der Waals surface area contributed by atoms with E-state index in [0.717, 1.165) is 22.8 Å². The fourth-order valence-electron chi connectivity index (χ4n) is 4.73. The number of amides is 1. The average Bonchev–Trinajstić information content (AvgIpc) is 2.93. The van der Waals surface area contributed by atoms with Gasteiger partial charge < -0.3 is 20.3 Å². The molecule has 3 N–H and O–H groups in total. The minimum Gasteiger partial charge on any atom is -0.480 e. The number of carbonyl (C=O) groups excluding carboxylic acids is 1. The van der Waals surface area contributed by atoms with Crippen LogP contribution in [-0.4, -0.2) is 39.1 Å². The maximum atomic E-state index is 14.7. The molecule has 1 atom stereocenters. The number of nitrogens with zero attached hydrogens (tertiary/aromatic N) is 2. The van der Waals surface area contributed by atoms with Gasteiger partial charge in [-0.2, -0.15) is 13.2 Å². The second-order valence-electron chi connectivity index (χ2n) is 9.92. The van der Waals surface area contributed by atoms with E-state index >= 15 is 0 Å². The number of aryl methyl sites for hydroxylation is 1. The number of halogens is 5. The highest BCUT2D eigenvalue weighted by Crippen LogP contribution is 2.38. The van der Waals surface area contributed by atoms with Gasteiger partial charge in [0, 0.05) is 48.5 Å². The Morgan fingerprint density at radius 1 is 1.09 bits per heavy atom. The van der Waals surface area contributed by atoms with Gasteiger partial charge in [-0.3, -0.25) is 14.6 Å². The van der Waals surface area contributed by atoms with Crippen LogP contribution in [0.15, 0.2) is 53.5 Å². The molecule has 0 aliphatic heterocycles. The summed E-state index contributed by atoms with van der Waals surface area (Å²) < 4.78 is 72.5. The summed E-state index contributed by atoms with van der Waals surface area (Å²) in [6, 6.07) is 6.54. The number of fused-ring (bicyclic) bond motifs is 1. The van der Waals surface area contributed by atoms with Crippen molar-refractivity contribution in [3.63, 3.8) is 0 Å². The number of aliphatic carboxylic acids is 1. The van der Waals surface area contributed by atoms with Crippen molar-refractivity contribution in [2.45, 2.75) is 38.9 Å². The molecule has 8 nitrogen and oxygen atoms in total. The third kappa shape index (κ3) is 6.35. The van der Waals surface area contributed by atoms with E-state index in [1.165, 1.54) is 44.4 Å². The van der Waals surface area contributed by atoms with Crippen LogP contribution in [0.2, 0.25) is 0 Å². The molecule has 4 rings (SSSR count). The van der Waals surface area contributed by atoms with Gasteiger partial charge in [0.25, 0.3) is 11.5 Å². The summed E-state index contributed by atoms with van der Waals surface area (Å²) in [5.41, 5.74) is -3.32. The van der Waals surface area contributed by atoms with Crippen LogP contribution in [0.25, 0.3) is 22.0 Å². The van der Waals surface area contributed by atoms with E-state index < -0.39 is 64.4 Å². The van der Waals surface area contributed by atoms with Gasteiger partial charge >= 0.3 is 12.1 Å². The number of aromatic nitrogens is 2. The van der Waals surface area contributed by atoms with E-state index in [1.54, 1.807) is 0 Å². The van der Waals surface area contributed by atoms with Crippen molar-refractivity contribution >= 4 is 28.5 Å². The quantitative estimate of drug-likeness (QED) is 0.220. The van der Waals surface area contributed by atoms with E-state index in [9.17, 15) is 41.4 Å². The summed E-state index contributed by atoms with van der Waals surface area (Å²) >= 11 is 0. The number of nitrogens with one attached hydrogen (secondary N) is 2. The second kappa shape index (κ2) is 12.2. The van der Waals surface area contributed by atoms with Crippen LogP contribution in [0.5, 0.6) is 0 Å². The number of benzene rings is 2. The summed E-state index contributed by atoms with van der Waals surface area (Å²) in [6.07, 6.45) is -3.29. The number of anilines is 1. The highest BCUT2D eigenvalue weighted by Gasteiger charge is 2.37. The second-order valence-corrected chi connectivity index (χ2v) is 9.92. The first-order chi connectivity index (χ1) is 20.2. The lowest BCUT2D eigenvalue weighted by molar-refractivity contribution is -0.139. The van der Waals surface area contributed by atoms with Crippen LogP contribution >= 0.6 is 0 Å². The zero-order valence-corrected chi connectivity index (χ0v) is 23.3. The molecule has 2 aromatic heterocycles. The maximum Gasteiger partial charge on any atom is 0.417 e. The number of rotatable bonds is 9. The predicted octanol–water partition coefficient (Wildman–Crippen LogP) is 5.45. The van der Waals surface area contributed by atoms with Gasteiger partial charge in [0.2, 0.25) is 0 Å². The van der Waals surface area contributed by atoms with Gasteiger partial charge in [-0.05, 0) is 43.2 Å². The minimum absolute atomic E-state index is 0.00539. The smallest absolute Gasteiger partial charge is 0.417 e. The first-order valence-corrected chi connectivity index (χ1v) is 13.2. The van der Waals surface area contributed by atoms with Gasteiger partial charge in [0.15, 0.2) is 0 Å².